The highest BCUT2D eigenvalue weighted by molar-refractivity contribution is 5.92. The zero-order valence-corrected chi connectivity index (χ0v) is 30.9. The Hall–Kier alpha value is -5.00. The van der Waals surface area contributed by atoms with E-state index in [1.165, 1.54) is 46.4 Å². The second-order valence-corrected chi connectivity index (χ2v) is 15.4. The molecule has 0 unspecified atom stereocenters. The number of amides is 1. The van der Waals surface area contributed by atoms with Gasteiger partial charge in [0.05, 0.1) is 17.3 Å². The highest BCUT2D eigenvalue weighted by atomic mass is 19.1. The summed E-state index contributed by atoms with van der Waals surface area (Å²) >= 11 is 0. The lowest BCUT2D eigenvalue weighted by molar-refractivity contribution is 0.0915. The van der Waals surface area contributed by atoms with Crippen molar-refractivity contribution >= 4 is 16.9 Å². The van der Waals surface area contributed by atoms with Crippen LogP contribution >= 0.6 is 0 Å². The van der Waals surface area contributed by atoms with Gasteiger partial charge in [0.25, 0.3) is 11.5 Å². The first-order valence-electron chi connectivity index (χ1n) is 19.5. The van der Waals surface area contributed by atoms with E-state index in [9.17, 15) is 18.8 Å². The number of aryl methyl sites for hydroxylation is 1. The van der Waals surface area contributed by atoms with E-state index < -0.39 is 17.1 Å². The van der Waals surface area contributed by atoms with Gasteiger partial charge in [-0.1, -0.05) is 55.3 Å². The molecule has 0 spiro atoms. The molecule has 1 saturated heterocycles. The molecule has 2 aromatic carbocycles. The van der Waals surface area contributed by atoms with Gasteiger partial charge >= 0.3 is 5.69 Å². The van der Waals surface area contributed by atoms with Crippen molar-refractivity contribution in [3.8, 4) is 16.8 Å². The maximum atomic E-state index is 14.5. The molecule has 3 aromatic heterocycles. The first kappa shape index (κ1) is 36.0. The lowest BCUT2D eigenvalue weighted by Crippen LogP contribution is -2.49. The fourth-order valence-corrected chi connectivity index (χ4v) is 8.72. The average Bonchev–Trinajstić information content (AvgIpc) is 3.74. The standard InChI is InChI=1S/C43H48FN7O3/c1-29-6-4-11-39(46-29)41(52)47-35-18-14-31(15-19-35)28-50-42(53)38-25-34(44)26-45-40(38)51(43(50)54)37-10-5-7-33(24-37)32-16-12-30(13-17-32)27-48-20-22-49(23-21-48)36-8-2-3-9-36/h4-7,10-13,16-17,24-26,31,35-36H,2-3,8-9,14-15,18-23,27-28H2,1H3,(H,47,52). The second-order valence-electron chi connectivity index (χ2n) is 15.4. The van der Waals surface area contributed by atoms with Crippen molar-refractivity contribution in [3.05, 3.63) is 123 Å². The van der Waals surface area contributed by atoms with Crippen LogP contribution in [0.25, 0.3) is 27.8 Å². The van der Waals surface area contributed by atoms with Crippen LogP contribution in [-0.2, 0) is 13.1 Å². The number of nitrogens with zero attached hydrogens (tertiary/aromatic N) is 6. The predicted molar refractivity (Wildman–Crippen MR) is 208 cm³/mol. The summed E-state index contributed by atoms with van der Waals surface area (Å²) in [6.07, 6.45) is 9.36. The largest absolute Gasteiger partial charge is 0.348 e. The third-order valence-electron chi connectivity index (χ3n) is 11.7. The van der Waals surface area contributed by atoms with Gasteiger partial charge in [-0.05, 0) is 98.4 Å². The van der Waals surface area contributed by atoms with Crippen molar-refractivity contribution < 1.29 is 9.18 Å². The van der Waals surface area contributed by atoms with Crippen molar-refractivity contribution in [3.63, 3.8) is 0 Å². The van der Waals surface area contributed by atoms with Gasteiger partial charge in [0.1, 0.15) is 11.5 Å². The smallest absolute Gasteiger partial charge is 0.337 e. The number of hydrogen-bond acceptors (Lipinski definition) is 7. The van der Waals surface area contributed by atoms with E-state index in [2.05, 4.69) is 49.4 Å². The first-order chi connectivity index (χ1) is 26.3. The van der Waals surface area contributed by atoms with E-state index in [1.54, 1.807) is 6.07 Å². The van der Waals surface area contributed by atoms with E-state index in [0.29, 0.717) is 24.2 Å². The van der Waals surface area contributed by atoms with Crippen LogP contribution in [0.5, 0.6) is 0 Å². The van der Waals surface area contributed by atoms with Gasteiger partial charge in [0.2, 0.25) is 0 Å². The molecule has 0 atom stereocenters. The Morgan fingerprint density at radius 3 is 2.33 bits per heavy atom. The van der Waals surface area contributed by atoms with Crippen molar-refractivity contribution in [2.45, 2.75) is 83.5 Å². The van der Waals surface area contributed by atoms with Crippen LogP contribution in [0, 0.1) is 18.7 Å². The van der Waals surface area contributed by atoms with E-state index >= 15 is 0 Å². The maximum absolute atomic E-state index is 14.5. The molecule has 3 aliphatic rings. The molecule has 0 bridgehead atoms. The van der Waals surface area contributed by atoms with E-state index in [-0.39, 0.29) is 35.4 Å². The van der Waals surface area contributed by atoms with Gasteiger partial charge in [-0.3, -0.25) is 24.0 Å². The summed E-state index contributed by atoms with van der Waals surface area (Å²) in [4.78, 5) is 54.6. The summed E-state index contributed by atoms with van der Waals surface area (Å²) in [5.74, 6) is -0.805. The molecule has 2 saturated carbocycles. The van der Waals surface area contributed by atoms with Gasteiger partial charge in [-0.25, -0.2) is 23.7 Å². The number of rotatable bonds is 9. The van der Waals surface area contributed by atoms with Crippen LogP contribution in [0.2, 0.25) is 0 Å². The lowest BCUT2D eigenvalue weighted by Gasteiger charge is -2.38. The Labute approximate surface area is 314 Å². The van der Waals surface area contributed by atoms with Gasteiger partial charge < -0.3 is 5.32 Å². The minimum atomic E-state index is -0.639. The Kier molecular flexibility index (Phi) is 10.5. The van der Waals surface area contributed by atoms with Gasteiger partial charge in [-0.2, -0.15) is 0 Å². The summed E-state index contributed by atoms with van der Waals surface area (Å²) in [5.41, 5.74) is 3.99. The third kappa shape index (κ3) is 7.79. The van der Waals surface area contributed by atoms with Gasteiger partial charge in [0, 0.05) is 57.0 Å². The number of pyridine rings is 2. The SMILES string of the molecule is Cc1cccc(C(=O)NC2CCC(Cn3c(=O)c4cc(F)cnc4n(-c4cccc(-c5ccc(CN6CCN(C7CCCC7)CC6)cc5)c4)c3=O)CC2)n1. The number of piperazine rings is 1. The summed E-state index contributed by atoms with van der Waals surface area (Å²) in [6, 6.07) is 23.5. The second kappa shape index (κ2) is 15.8. The maximum Gasteiger partial charge on any atom is 0.337 e. The number of carbonyl (C=O) groups is 1. The van der Waals surface area contributed by atoms with Crippen molar-refractivity contribution in [1.82, 2.24) is 34.2 Å². The molecule has 8 rings (SSSR count). The summed E-state index contributed by atoms with van der Waals surface area (Å²) in [7, 11) is 0. The fourth-order valence-electron chi connectivity index (χ4n) is 8.72. The van der Waals surface area contributed by atoms with Crippen molar-refractivity contribution in [2.24, 2.45) is 5.92 Å². The Morgan fingerprint density at radius 2 is 1.59 bits per heavy atom. The Morgan fingerprint density at radius 1 is 0.852 bits per heavy atom. The molecule has 5 aromatic rings. The molecule has 11 heteroatoms. The highest BCUT2D eigenvalue weighted by Gasteiger charge is 2.27. The van der Waals surface area contributed by atoms with E-state index in [0.717, 1.165) is 74.6 Å². The summed E-state index contributed by atoms with van der Waals surface area (Å²) in [6.45, 7) is 7.44. The summed E-state index contributed by atoms with van der Waals surface area (Å²) < 4.78 is 17.2. The zero-order valence-electron chi connectivity index (χ0n) is 30.9. The molecule has 3 fully saturated rings. The minimum absolute atomic E-state index is 0.0202. The predicted octanol–water partition coefficient (Wildman–Crippen LogP) is 6.11. The number of carbonyl (C=O) groups excluding carboxylic acids is 1. The summed E-state index contributed by atoms with van der Waals surface area (Å²) in [5, 5.41) is 3.15. The number of halogens is 1. The Balaban J connectivity index is 0.984. The van der Waals surface area contributed by atoms with E-state index in [1.807, 2.05) is 43.3 Å². The molecule has 2 aliphatic carbocycles. The number of aromatic nitrogens is 4. The fraction of sp³-hybridized carbons (Fsp3) is 0.419. The number of fused-ring (bicyclic) bond motifs is 1. The molecular formula is C43H48FN7O3. The quantitative estimate of drug-likeness (QED) is 0.195. The van der Waals surface area contributed by atoms with Crippen LogP contribution in [0.15, 0.2) is 88.6 Å². The van der Waals surface area contributed by atoms with Gasteiger partial charge in [-0.15, -0.1) is 0 Å². The first-order valence-corrected chi connectivity index (χ1v) is 19.5. The lowest BCUT2D eigenvalue weighted by atomic mass is 9.86. The zero-order chi connectivity index (χ0) is 37.2. The molecule has 54 heavy (non-hydrogen) atoms. The molecule has 280 valence electrons. The third-order valence-corrected chi connectivity index (χ3v) is 11.7. The monoisotopic (exact) mass is 729 g/mol. The van der Waals surface area contributed by atoms with Crippen molar-refractivity contribution in [1.29, 1.82) is 0 Å². The molecule has 1 amide bonds. The number of nitrogens with one attached hydrogen (secondary N) is 1. The molecular weight excluding hydrogens is 682 g/mol. The number of benzene rings is 2. The molecule has 4 heterocycles. The molecule has 1 aliphatic heterocycles. The topological polar surface area (TPSA) is 105 Å². The average molecular weight is 730 g/mol. The van der Waals surface area contributed by atoms with Gasteiger partial charge in [0.15, 0.2) is 5.65 Å². The molecule has 10 nitrogen and oxygen atoms in total. The van der Waals surface area contributed by atoms with Crippen LogP contribution < -0.4 is 16.6 Å². The van der Waals surface area contributed by atoms with Crippen LogP contribution in [-0.4, -0.2) is 73.1 Å². The van der Waals surface area contributed by atoms with E-state index in [4.69, 9.17) is 0 Å². The molecule has 0 radical (unpaired) electrons. The Bertz CT molecular complexity index is 2250. The minimum Gasteiger partial charge on any atom is -0.348 e. The van der Waals surface area contributed by atoms with Crippen LogP contribution in [0.1, 0.15) is 73.1 Å². The van der Waals surface area contributed by atoms with Crippen LogP contribution in [0.3, 0.4) is 0 Å². The number of hydrogen-bond donors (Lipinski definition) is 1. The van der Waals surface area contributed by atoms with Crippen molar-refractivity contribution in [2.75, 3.05) is 26.2 Å². The highest BCUT2D eigenvalue weighted by Crippen LogP contribution is 2.28. The normalized spacial score (nSPS) is 20.0. The van der Waals surface area contributed by atoms with Crippen LogP contribution in [0.4, 0.5) is 4.39 Å². The molecule has 1 N–H and O–H groups in total.